The van der Waals surface area contributed by atoms with E-state index in [1.54, 1.807) is 53.5 Å². The molecule has 2 aromatic carbocycles. The van der Waals surface area contributed by atoms with Gasteiger partial charge in [0.1, 0.15) is 12.1 Å². The highest BCUT2D eigenvalue weighted by atomic mass is 19.4. The number of hydrogen-bond acceptors (Lipinski definition) is 5. The first-order chi connectivity index (χ1) is 14.9. The molecule has 0 aliphatic heterocycles. The van der Waals surface area contributed by atoms with Crippen LogP contribution in [0.25, 0.3) is 5.82 Å². The molecule has 0 aliphatic rings. The minimum atomic E-state index is -4.52. The number of rotatable bonds is 5. The van der Waals surface area contributed by atoms with E-state index >= 15 is 0 Å². The molecule has 1 amide bonds. The number of ether oxygens (including phenoxy) is 1. The van der Waals surface area contributed by atoms with E-state index in [-0.39, 0.29) is 5.56 Å². The number of aromatic nitrogens is 4. The Kier molecular flexibility index (Phi) is 5.35. The third-order valence-corrected chi connectivity index (χ3v) is 4.15. The predicted molar refractivity (Wildman–Crippen MR) is 105 cm³/mol. The number of benzene rings is 2. The van der Waals surface area contributed by atoms with Gasteiger partial charge in [0.25, 0.3) is 5.91 Å². The fourth-order valence-electron chi connectivity index (χ4n) is 2.68. The Labute approximate surface area is 174 Å². The highest BCUT2D eigenvalue weighted by molar-refractivity contribution is 6.04. The van der Waals surface area contributed by atoms with Gasteiger partial charge in [0.2, 0.25) is 5.88 Å². The fourth-order valence-corrected chi connectivity index (χ4v) is 2.68. The van der Waals surface area contributed by atoms with Gasteiger partial charge in [0.05, 0.1) is 5.56 Å². The molecular weight excluding hydrogens is 411 g/mol. The molecule has 0 saturated heterocycles. The van der Waals surface area contributed by atoms with Gasteiger partial charge in [0.15, 0.2) is 5.82 Å². The first-order valence-corrected chi connectivity index (χ1v) is 8.97. The van der Waals surface area contributed by atoms with E-state index in [9.17, 15) is 18.0 Å². The standard InChI is InChI=1S/C21H14F3N5O2/c22-21(23,24)15-4-1-3-14(11-15)20(30)28-16-5-7-17(8-6-16)31-19-12-18(25-13-26-19)29-10-2-9-27-29/h1-13H,(H,28,30). The molecular formula is C21H14F3N5O2. The summed E-state index contributed by atoms with van der Waals surface area (Å²) in [5.41, 5.74) is -0.583. The molecule has 31 heavy (non-hydrogen) atoms. The molecule has 0 aliphatic carbocycles. The van der Waals surface area contributed by atoms with Gasteiger partial charge in [-0.05, 0) is 48.5 Å². The second-order valence-electron chi connectivity index (χ2n) is 6.32. The number of anilines is 1. The number of carbonyl (C=O) groups excluding carboxylic acids is 1. The van der Waals surface area contributed by atoms with Crippen LogP contribution in [0.4, 0.5) is 18.9 Å². The summed E-state index contributed by atoms with van der Waals surface area (Å²) in [5, 5.41) is 6.64. The van der Waals surface area contributed by atoms with E-state index in [1.165, 1.54) is 18.5 Å². The molecule has 0 saturated carbocycles. The SMILES string of the molecule is O=C(Nc1ccc(Oc2cc(-n3cccn3)ncn2)cc1)c1cccc(C(F)(F)F)c1. The molecule has 2 heterocycles. The van der Waals surface area contributed by atoms with Crippen molar-refractivity contribution in [3.05, 3.63) is 90.5 Å². The molecule has 156 valence electrons. The lowest BCUT2D eigenvalue weighted by molar-refractivity contribution is -0.137. The summed E-state index contributed by atoms with van der Waals surface area (Å²) < 4.78 is 45.7. The summed E-state index contributed by atoms with van der Waals surface area (Å²) in [4.78, 5) is 20.4. The van der Waals surface area contributed by atoms with E-state index < -0.39 is 17.6 Å². The first kappa shape index (κ1) is 20.1. The number of nitrogens with one attached hydrogen (secondary N) is 1. The van der Waals surface area contributed by atoms with Gasteiger partial charge in [-0.15, -0.1) is 0 Å². The van der Waals surface area contributed by atoms with Crippen LogP contribution < -0.4 is 10.1 Å². The molecule has 0 bridgehead atoms. The van der Waals surface area contributed by atoms with Crippen molar-refractivity contribution in [1.82, 2.24) is 19.7 Å². The van der Waals surface area contributed by atoms with Crippen LogP contribution in [0.2, 0.25) is 0 Å². The lowest BCUT2D eigenvalue weighted by Crippen LogP contribution is -2.13. The number of amides is 1. The molecule has 0 radical (unpaired) electrons. The first-order valence-electron chi connectivity index (χ1n) is 8.97. The van der Waals surface area contributed by atoms with Crippen LogP contribution in [0.15, 0.2) is 79.4 Å². The maximum absolute atomic E-state index is 12.8. The van der Waals surface area contributed by atoms with Gasteiger partial charge in [-0.3, -0.25) is 4.79 Å². The van der Waals surface area contributed by atoms with Gasteiger partial charge < -0.3 is 10.1 Å². The topological polar surface area (TPSA) is 81.9 Å². The van der Waals surface area contributed by atoms with Crippen LogP contribution in [0.1, 0.15) is 15.9 Å². The normalized spacial score (nSPS) is 11.2. The number of carbonyl (C=O) groups is 1. The molecule has 4 rings (SSSR count). The van der Waals surface area contributed by atoms with Crippen molar-refractivity contribution in [1.29, 1.82) is 0 Å². The van der Waals surface area contributed by atoms with E-state index in [0.29, 0.717) is 23.1 Å². The smallest absolute Gasteiger partial charge is 0.416 e. The maximum atomic E-state index is 12.8. The third-order valence-electron chi connectivity index (χ3n) is 4.15. The van der Waals surface area contributed by atoms with Crippen molar-refractivity contribution in [3.63, 3.8) is 0 Å². The van der Waals surface area contributed by atoms with Crippen LogP contribution in [-0.2, 0) is 6.18 Å². The summed E-state index contributed by atoms with van der Waals surface area (Å²) in [7, 11) is 0. The van der Waals surface area contributed by atoms with Gasteiger partial charge >= 0.3 is 6.18 Å². The quantitative estimate of drug-likeness (QED) is 0.500. The van der Waals surface area contributed by atoms with Gasteiger partial charge in [0, 0.05) is 29.7 Å². The zero-order chi connectivity index (χ0) is 21.8. The Hall–Kier alpha value is -4.21. The van der Waals surface area contributed by atoms with E-state index in [0.717, 1.165) is 12.1 Å². The van der Waals surface area contributed by atoms with Crippen molar-refractivity contribution in [2.75, 3.05) is 5.32 Å². The minimum Gasteiger partial charge on any atom is -0.439 e. The Balaban J connectivity index is 1.43. The second-order valence-corrected chi connectivity index (χ2v) is 6.32. The van der Waals surface area contributed by atoms with Crippen LogP contribution in [0.5, 0.6) is 11.6 Å². The number of halogens is 3. The zero-order valence-corrected chi connectivity index (χ0v) is 15.7. The summed E-state index contributed by atoms with van der Waals surface area (Å²) in [6.45, 7) is 0. The minimum absolute atomic E-state index is 0.0951. The molecule has 0 spiro atoms. The molecule has 1 N–H and O–H groups in total. The third kappa shape index (κ3) is 4.86. The highest BCUT2D eigenvalue weighted by Crippen LogP contribution is 2.30. The molecule has 10 heteroatoms. The van der Waals surface area contributed by atoms with Crippen LogP contribution in [0.3, 0.4) is 0 Å². The molecule has 2 aromatic heterocycles. The van der Waals surface area contributed by atoms with Crippen molar-refractivity contribution < 1.29 is 22.7 Å². The van der Waals surface area contributed by atoms with Crippen molar-refractivity contribution in [3.8, 4) is 17.4 Å². The molecule has 0 fully saturated rings. The van der Waals surface area contributed by atoms with Gasteiger partial charge in [-0.25, -0.2) is 14.6 Å². The summed E-state index contributed by atoms with van der Waals surface area (Å²) >= 11 is 0. The second kappa shape index (κ2) is 8.27. The Morgan fingerprint density at radius 3 is 2.52 bits per heavy atom. The Morgan fingerprint density at radius 2 is 1.81 bits per heavy atom. The molecule has 7 nitrogen and oxygen atoms in total. The van der Waals surface area contributed by atoms with Gasteiger partial charge in [-0.2, -0.15) is 18.3 Å². The summed E-state index contributed by atoms with van der Waals surface area (Å²) in [6.07, 6.45) is 0.173. The monoisotopic (exact) mass is 425 g/mol. The van der Waals surface area contributed by atoms with E-state index in [4.69, 9.17) is 4.74 Å². The van der Waals surface area contributed by atoms with E-state index in [2.05, 4.69) is 20.4 Å². The Bertz CT molecular complexity index is 1190. The molecule has 0 unspecified atom stereocenters. The largest absolute Gasteiger partial charge is 0.439 e. The van der Waals surface area contributed by atoms with Crippen molar-refractivity contribution in [2.24, 2.45) is 0 Å². The van der Waals surface area contributed by atoms with Crippen LogP contribution in [0, 0.1) is 0 Å². The van der Waals surface area contributed by atoms with Crippen LogP contribution >= 0.6 is 0 Å². The maximum Gasteiger partial charge on any atom is 0.416 e. The number of hydrogen-bond donors (Lipinski definition) is 1. The van der Waals surface area contributed by atoms with Gasteiger partial charge in [-0.1, -0.05) is 6.07 Å². The average Bonchev–Trinajstić information content (AvgIpc) is 3.30. The highest BCUT2D eigenvalue weighted by Gasteiger charge is 2.30. The lowest BCUT2D eigenvalue weighted by Gasteiger charge is -2.10. The van der Waals surface area contributed by atoms with E-state index in [1.807, 2.05) is 0 Å². The zero-order valence-electron chi connectivity index (χ0n) is 15.7. The molecule has 4 aromatic rings. The average molecular weight is 425 g/mol. The summed E-state index contributed by atoms with van der Waals surface area (Å²) in [5.74, 6) is 0.614. The summed E-state index contributed by atoms with van der Waals surface area (Å²) in [6, 6.07) is 13.9. The Morgan fingerprint density at radius 1 is 1.00 bits per heavy atom. The predicted octanol–water partition coefficient (Wildman–Crippen LogP) is 4.73. The fraction of sp³-hybridized carbons (Fsp3) is 0.0476. The number of alkyl halides is 3. The lowest BCUT2D eigenvalue weighted by atomic mass is 10.1. The van der Waals surface area contributed by atoms with Crippen LogP contribution in [-0.4, -0.2) is 25.7 Å². The van der Waals surface area contributed by atoms with Crippen molar-refractivity contribution in [2.45, 2.75) is 6.18 Å². The van der Waals surface area contributed by atoms with Crippen molar-refractivity contribution >= 4 is 11.6 Å². The molecule has 0 atom stereocenters. The number of nitrogens with zero attached hydrogens (tertiary/aromatic N) is 4.